The standard InChI is InChI=1S/C37H54N10O5/c1-3-23(4-2)28-21-31(47-30(42-28)12-13-40-47)41-25-9-8-24(20-25)39-22-33(49)45-18-16-44(17-19-45)15-14-38-27-7-5-6-26-34(27)37(52)46(36(26)51)29-10-11-32(48)43-35(29)50/h3,5-7,24-25,28-31,38-42H,4,8-22H2,1-2H3,(H,43,48,50)/b23-3+/t24-,25-,28?,29?,30?,31?/m0/s1. The highest BCUT2D eigenvalue weighted by Gasteiger charge is 2.46. The van der Waals surface area contributed by atoms with Crippen molar-refractivity contribution >= 4 is 35.2 Å². The average Bonchev–Trinajstić information content (AvgIpc) is 3.87. The average molecular weight is 719 g/mol. The second-order valence-electron chi connectivity index (χ2n) is 14.9. The summed E-state index contributed by atoms with van der Waals surface area (Å²) in [6, 6.07) is 5.24. The molecule has 7 rings (SSSR count). The van der Waals surface area contributed by atoms with Crippen molar-refractivity contribution < 1.29 is 24.0 Å². The van der Waals surface area contributed by atoms with Crippen molar-refractivity contribution in [2.45, 2.75) is 102 Å². The van der Waals surface area contributed by atoms with Crippen LogP contribution in [0, 0.1) is 0 Å². The molecule has 5 amide bonds. The Labute approximate surface area is 305 Å². The Morgan fingerprint density at radius 2 is 1.79 bits per heavy atom. The predicted octanol–water partition coefficient (Wildman–Crippen LogP) is 0.325. The van der Waals surface area contributed by atoms with Gasteiger partial charge < -0.3 is 15.5 Å². The van der Waals surface area contributed by atoms with Gasteiger partial charge in [-0.2, -0.15) is 0 Å². The molecular weight excluding hydrogens is 664 g/mol. The molecule has 5 heterocycles. The minimum atomic E-state index is -0.995. The predicted molar refractivity (Wildman–Crippen MR) is 195 cm³/mol. The Balaban J connectivity index is 0.822. The molecule has 52 heavy (non-hydrogen) atoms. The fourth-order valence-electron chi connectivity index (χ4n) is 8.93. The maximum Gasteiger partial charge on any atom is 0.264 e. The van der Waals surface area contributed by atoms with E-state index in [4.69, 9.17) is 0 Å². The number of piperidine rings is 1. The summed E-state index contributed by atoms with van der Waals surface area (Å²) in [6.07, 6.45) is 9.49. The molecule has 4 unspecified atom stereocenters. The first-order valence-corrected chi connectivity index (χ1v) is 19.2. The van der Waals surface area contributed by atoms with Gasteiger partial charge in [-0.05, 0) is 64.0 Å². The van der Waals surface area contributed by atoms with Crippen molar-refractivity contribution in [1.29, 1.82) is 0 Å². The summed E-state index contributed by atoms with van der Waals surface area (Å²) >= 11 is 0. The monoisotopic (exact) mass is 718 g/mol. The smallest absolute Gasteiger partial charge is 0.264 e. The van der Waals surface area contributed by atoms with E-state index >= 15 is 0 Å². The van der Waals surface area contributed by atoms with Crippen LogP contribution in [0.2, 0.25) is 0 Å². The molecule has 0 radical (unpaired) electrons. The van der Waals surface area contributed by atoms with Crippen LogP contribution in [-0.4, -0.2) is 138 Å². The van der Waals surface area contributed by atoms with Crippen molar-refractivity contribution in [2.75, 3.05) is 57.7 Å². The number of nitrogens with one attached hydrogen (secondary N) is 6. The zero-order valence-electron chi connectivity index (χ0n) is 30.4. The number of hydrogen-bond acceptors (Lipinski definition) is 12. The minimum Gasteiger partial charge on any atom is -0.383 e. The second kappa shape index (κ2) is 16.1. The molecule has 15 nitrogen and oxygen atoms in total. The Morgan fingerprint density at radius 1 is 0.981 bits per heavy atom. The lowest BCUT2D eigenvalue weighted by atomic mass is 9.96. The number of rotatable bonds is 12. The summed E-state index contributed by atoms with van der Waals surface area (Å²) in [4.78, 5) is 68.9. The van der Waals surface area contributed by atoms with Gasteiger partial charge in [-0.25, -0.2) is 5.01 Å². The zero-order valence-corrected chi connectivity index (χ0v) is 30.4. The highest BCUT2D eigenvalue weighted by molar-refractivity contribution is 6.25. The molecule has 4 saturated heterocycles. The summed E-state index contributed by atoms with van der Waals surface area (Å²) in [5.74, 6) is -1.92. The van der Waals surface area contributed by atoms with E-state index in [2.05, 4.69) is 61.8 Å². The molecule has 1 aromatic rings. The maximum absolute atomic E-state index is 13.4. The number of imide groups is 2. The van der Waals surface area contributed by atoms with E-state index in [1.54, 1.807) is 18.2 Å². The summed E-state index contributed by atoms with van der Waals surface area (Å²) in [7, 11) is 0. The van der Waals surface area contributed by atoms with Crippen molar-refractivity contribution in [2.24, 2.45) is 0 Å². The van der Waals surface area contributed by atoms with Crippen LogP contribution in [0.15, 0.2) is 29.8 Å². The Kier molecular flexibility index (Phi) is 11.3. The van der Waals surface area contributed by atoms with Crippen LogP contribution in [0.1, 0.15) is 85.9 Å². The lowest BCUT2D eigenvalue weighted by molar-refractivity contribution is -0.136. The number of anilines is 1. The number of benzene rings is 1. The first-order valence-electron chi connectivity index (χ1n) is 19.2. The molecule has 6 aliphatic rings. The SMILES string of the molecule is C/C=C(\CC)C1CC(N[C@H]2CC[C@H](NCC(=O)N3CCN(CCNc4cccc5c4C(=O)N(C4CCC(=O)NC4=O)C5=O)CC3)C2)N2NCCC2N1. The topological polar surface area (TPSA) is 170 Å². The van der Waals surface area contributed by atoms with E-state index in [0.29, 0.717) is 62.7 Å². The van der Waals surface area contributed by atoms with E-state index in [1.165, 1.54) is 5.57 Å². The van der Waals surface area contributed by atoms with Crippen LogP contribution in [0.25, 0.3) is 0 Å². The van der Waals surface area contributed by atoms with E-state index in [-0.39, 0.29) is 36.0 Å². The van der Waals surface area contributed by atoms with Gasteiger partial charge in [0.2, 0.25) is 17.7 Å². The number of amides is 5. The molecule has 1 saturated carbocycles. The highest BCUT2D eigenvalue weighted by atomic mass is 16.2. The van der Waals surface area contributed by atoms with Gasteiger partial charge >= 0.3 is 0 Å². The van der Waals surface area contributed by atoms with Gasteiger partial charge in [0.25, 0.3) is 11.8 Å². The lowest BCUT2D eigenvalue weighted by Gasteiger charge is -2.44. The van der Waals surface area contributed by atoms with E-state index in [0.717, 1.165) is 63.1 Å². The van der Waals surface area contributed by atoms with Crippen LogP contribution in [0.3, 0.4) is 0 Å². The zero-order chi connectivity index (χ0) is 36.4. The molecule has 5 fully saturated rings. The van der Waals surface area contributed by atoms with Crippen LogP contribution in [0.5, 0.6) is 0 Å². The molecule has 1 aromatic carbocycles. The molecule has 1 aliphatic carbocycles. The van der Waals surface area contributed by atoms with Crippen LogP contribution in [0.4, 0.5) is 5.69 Å². The normalized spacial score (nSPS) is 30.2. The molecule has 0 bridgehead atoms. The maximum atomic E-state index is 13.4. The summed E-state index contributed by atoms with van der Waals surface area (Å²) in [5.41, 5.74) is 6.13. The Hall–Kier alpha value is -3.73. The number of piperazine rings is 1. The summed E-state index contributed by atoms with van der Waals surface area (Å²) < 4.78 is 0. The van der Waals surface area contributed by atoms with E-state index < -0.39 is 29.7 Å². The van der Waals surface area contributed by atoms with Crippen molar-refractivity contribution in [3.8, 4) is 0 Å². The number of carbonyl (C=O) groups is 5. The van der Waals surface area contributed by atoms with Gasteiger partial charge in [-0.1, -0.05) is 24.6 Å². The van der Waals surface area contributed by atoms with Gasteiger partial charge in [-0.3, -0.25) is 55.1 Å². The largest absolute Gasteiger partial charge is 0.383 e. The molecule has 0 aromatic heterocycles. The molecule has 15 heteroatoms. The van der Waals surface area contributed by atoms with Gasteiger partial charge in [0.15, 0.2) is 0 Å². The first-order chi connectivity index (χ1) is 25.2. The molecule has 6 N–H and O–H groups in total. The minimum absolute atomic E-state index is 0.0805. The number of fused-ring (bicyclic) bond motifs is 2. The third-order valence-corrected chi connectivity index (χ3v) is 11.8. The van der Waals surface area contributed by atoms with Crippen molar-refractivity contribution in [3.63, 3.8) is 0 Å². The summed E-state index contributed by atoms with van der Waals surface area (Å²) in [6.45, 7) is 9.83. The van der Waals surface area contributed by atoms with Gasteiger partial charge in [0.05, 0.1) is 30.0 Å². The van der Waals surface area contributed by atoms with Crippen LogP contribution < -0.4 is 32.0 Å². The number of hydrazine groups is 1. The van der Waals surface area contributed by atoms with E-state index in [1.807, 2.05) is 4.90 Å². The van der Waals surface area contributed by atoms with Crippen molar-refractivity contribution in [1.82, 2.24) is 46.4 Å². The van der Waals surface area contributed by atoms with Crippen LogP contribution >= 0.6 is 0 Å². The van der Waals surface area contributed by atoms with E-state index in [9.17, 15) is 24.0 Å². The number of allylic oxidation sites excluding steroid dienone is 1. The Morgan fingerprint density at radius 3 is 2.56 bits per heavy atom. The van der Waals surface area contributed by atoms with Gasteiger partial charge in [0, 0.05) is 76.0 Å². The lowest BCUT2D eigenvalue weighted by Crippen LogP contribution is -2.65. The fraction of sp³-hybridized carbons (Fsp3) is 0.649. The first kappa shape index (κ1) is 36.6. The second-order valence-corrected chi connectivity index (χ2v) is 14.9. The summed E-state index contributed by atoms with van der Waals surface area (Å²) in [5, 5.41) is 19.3. The number of nitrogens with zero attached hydrogens (tertiary/aromatic N) is 4. The molecule has 0 spiro atoms. The third-order valence-electron chi connectivity index (χ3n) is 11.8. The molecule has 5 aliphatic heterocycles. The number of hydrogen-bond donors (Lipinski definition) is 6. The van der Waals surface area contributed by atoms with Gasteiger partial charge in [-0.15, -0.1) is 0 Å². The van der Waals surface area contributed by atoms with Gasteiger partial charge in [0.1, 0.15) is 6.04 Å². The molecule has 282 valence electrons. The Bertz CT molecular complexity index is 1580. The quantitative estimate of drug-likeness (QED) is 0.130. The third kappa shape index (κ3) is 7.66. The molecular formula is C37H54N10O5. The molecule has 6 atom stereocenters. The number of carbonyl (C=O) groups excluding carboxylic acids is 5. The van der Waals surface area contributed by atoms with Crippen molar-refractivity contribution in [3.05, 3.63) is 41.0 Å². The fourth-order valence-corrected chi connectivity index (χ4v) is 8.93. The highest BCUT2D eigenvalue weighted by Crippen LogP contribution is 2.32. The van der Waals surface area contributed by atoms with Crippen LogP contribution in [-0.2, 0) is 14.4 Å².